The van der Waals surface area contributed by atoms with E-state index in [1.54, 1.807) is 25.1 Å². The fraction of sp³-hybridized carbons (Fsp3) is 0.286. The lowest BCUT2D eigenvalue weighted by Crippen LogP contribution is -2.16. The Labute approximate surface area is 177 Å². The predicted molar refractivity (Wildman–Crippen MR) is 114 cm³/mol. The van der Waals surface area contributed by atoms with Crippen LogP contribution in [0.3, 0.4) is 0 Å². The van der Waals surface area contributed by atoms with Crippen molar-refractivity contribution in [2.45, 2.75) is 32.6 Å². The first-order valence-corrected chi connectivity index (χ1v) is 10.7. The first-order chi connectivity index (χ1) is 14.1. The third-order valence-corrected chi connectivity index (χ3v) is 6.30. The van der Waals surface area contributed by atoms with E-state index in [-0.39, 0.29) is 11.9 Å². The van der Waals surface area contributed by atoms with Gasteiger partial charge in [-0.2, -0.15) is 5.10 Å². The van der Waals surface area contributed by atoms with Gasteiger partial charge in [0.2, 0.25) is 0 Å². The second-order valence-corrected chi connectivity index (χ2v) is 8.30. The van der Waals surface area contributed by atoms with Crippen LogP contribution < -0.4 is 5.32 Å². The highest BCUT2D eigenvalue weighted by molar-refractivity contribution is 7.17. The van der Waals surface area contributed by atoms with E-state index in [9.17, 15) is 9.59 Å². The lowest BCUT2D eigenvalue weighted by molar-refractivity contribution is 0.0526. The number of aromatic nitrogens is 2. The second kappa shape index (κ2) is 8.39. The Kier molecular flexibility index (Phi) is 5.69. The van der Waals surface area contributed by atoms with Gasteiger partial charge in [0, 0.05) is 15.5 Å². The Bertz CT molecular complexity index is 1060. The highest BCUT2D eigenvalue weighted by Crippen LogP contribution is 2.38. The number of aromatic amines is 1. The molecule has 0 fully saturated rings. The average Bonchev–Trinajstić information content (AvgIpc) is 3.33. The summed E-state index contributed by atoms with van der Waals surface area (Å²) in [6, 6.07) is 8.90. The first kappa shape index (κ1) is 19.7. The van der Waals surface area contributed by atoms with E-state index in [0.717, 1.165) is 41.7 Å². The summed E-state index contributed by atoms with van der Waals surface area (Å²) in [5.41, 5.74) is 3.32. The molecule has 1 aromatic carbocycles. The molecule has 0 aliphatic heterocycles. The minimum Gasteiger partial charge on any atom is -0.462 e. The van der Waals surface area contributed by atoms with Crippen molar-refractivity contribution in [1.82, 2.24) is 10.2 Å². The number of halogens is 1. The monoisotopic (exact) mass is 429 g/mol. The lowest BCUT2D eigenvalue weighted by Gasteiger charge is -2.12. The quantitative estimate of drug-likeness (QED) is 0.552. The number of carbonyl (C=O) groups excluding carboxylic acids is 2. The largest absolute Gasteiger partial charge is 0.462 e. The number of rotatable bonds is 5. The summed E-state index contributed by atoms with van der Waals surface area (Å²) in [7, 11) is 0. The van der Waals surface area contributed by atoms with Gasteiger partial charge in [-0.25, -0.2) is 4.79 Å². The van der Waals surface area contributed by atoms with E-state index in [2.05, 4.69) is 15.5 Å². The van der Waals surface area contributed by atoms with Crippen LogP contribution in [0.1, 0.15) is 51.1 Å². The van der Waals surface area contributed by atoms with Crippen molar-refractivity contribution in [3.8, 4) is 11.3 Å². The second-order valence-electron chi connectivity index (χ2n) is 6.76. The molecule has 2 aromatic heterocycles. The molecular formula is C21H20ClN3O3S. The van der Waals surface area contributed by atoms with Gasteiger partial charge < -0.3 is 10.1 Å². The number of amides is 1. The molecule has 0 saturated heterocycles. The van der Waals surface area contributed by atoms with Gasteiger partial charge in [-0.15, -0.1) is 11.3 Å². The minimum atomic E-state index is -0.381. The number of nitrogens with one attached hydrogen (secondary N) is 2. The first-order valence-electron chi connectivity index (χ1n) is 9.51. The molecule has 0 spiro atoms. The number of nitrogens with zero attached hydrogens (tertiary/aromatic N) is 1. The van der Waals surface area contributed by atoms with Crippen molar-refractivity contribution < 1.29 is 14.3 Å². The van der Waals surface area contributed by atoms with E-state index in [4.69, 9.17) is 16.3 Å². The van der Waals surface area contributed by atoms with Gasteiger partial charge in [-0.05, 0) is 56.4 Å². The molecular weight excluding hydrogens is 410 g/mol. The zero-order valence-electron chi connectivity index (χ0n) is 15.9. The summed E-state index contributed by atoms with van der Waals surface area (Å²) in [6.07, 6.45) is 3.89. The number of anilines is 1. The third kappa shape index (κ3) is 4.06. The van der Waals surface area contributed by atoms with Crippen LogP contribution in [-0.2, 0) is 17.6 Å². The van der Waals surface area contributed by atoms with Crippen molar-refractivity contribution in [2.24, 2.45) is 0 Å². The smallest absolute Gasteiger partial charge is 0.341 e. The van der Waals surface area contributed by atoms with Crippen LogP contribution in [0.25, 0.3) is 11.3 Å². The van der Waals surface area contributed by atoms with Crippen molar-refractivity contribution >= 4 is 39.8 Å². The molecule has 0 unspecified atom stereocenters. The summed E-state index contributed by atoms with van der Waals surface area (Å²) >= 11 is 7.38. The van der Waals surface area contributed by atoms with E-state index in [1.807, 2.05) is 12.1 Å². The molecule has 6 nitrogen and oxygen atoms in total. The Hall–Kier alpha value is -2.64. The molecule has 0 bridgehead atoms. The molecule has 1 aliphatic rings. The molecule has 8 heteroatoms. The Morgan fingerprint density at radius 1 is 1.24 bits per heavy atom. The van der Waals surface area contributed by atoms with Gasteiger partial charge in [0.1, 0.15) is 10.7 Å². The van der Waals surface area contributed by atoms with E-state index >= 15 is 0 Å². The highest BCUT2D eigenvalue weighted by atomic mass is 35.5. The van der Waals surface area contributed by atoms with Crippen LogP contribution in [0, 0.1) is 0 Å². The normalized spacial score (nSPS) is 13.0. The van der Waals surface area contributed by atoms with E-state index in [0.29, 0.717) is 33.6 Å². The van der Waals surface area contributed by atoms with Gasteiger partial charge in [-0.3, -0.25) is 9.89 Å². The molecule has 0 radical (unpaired) electrons. The maximum atomic E-state index is 12.8. The molecule has 2 heterocycles. The van der Waals surface area contributed by atoms with Crippen LogP contribution in [0.2, 0.25) is 5.02 Å². The van der Waals surface area contributed by atoms with E-state index in [1.165, 1.54) is 11.3 Å². The number of H-pyrrole nitrogens is 1. The number of ether oxygens (including phenoxy) is 1. The average molecular weight is 430 g/mol. The Morgan fingerprint density at radius 3 is 2.76 bits per heavy atom. The molecule has 1 aliphatic carbocycles. The summed E-state index contributed by atoms with van der Waals surface area (Å²) in [5.74, 6) is -0.726. The van der Waals surface area contributed by atoms with Gasteiger partial charge >= 0.3 is 5.97 Å². The van der Waals surface area contributed by atoms with Crippen molar-refractivity contribution in [3.63, 3.8) is 0 Å². The number of carbonyl (C=O) groups is 2. The predicted octanol–water partition coefficient (Wildman–Crippen LogP) is 5.10. The standard InChI is InChI=1S/C21H20ClN3O3S/c1-2-28-21(27)18-14-5-3-4-6-17(14)29-20(18)23-19(26)16-11-15(24-25-16)12-7-9-13(22)10-8-12/h7-11H,2-6H2,1H3,(H,23,26)(H,24,25). The Balaban J connectivity index is 1.59. The number of aryl methyl sites for hydroxylation is 1. The fourth-order valence-electron chi connectivity index (χ4n) is 3.45. The maximum Gasteiger partial charge on any atom is 0.341 e. The van der Waals surface area contributed by atoms with Crippen LogP contribution in [0.5, 0.6) is 0 Å². The summed E-state index contributed by atoms with van der Waals surface area (Å²) < 4.78 is 5.24. The topological polar surface area (TPSA) is 84.1 Å². The maximum absolute atomic E-state index is 12.8. The zero-order valence-corrected chi connectivity index (χ0v) is 17.5. The van der Waals surface area contributed by atoms with Gasteiger partial charge in [0.05, 0.1) is 17.9 Å². The molecule has 0 saturated carbocycles. The van der Waals surface area contributed by atoms with Crippen LogP contribution in [-0.4, -0.2) is 28.7 Å². The van der Waals surface area contributed by atoms with E-state index < -0.39 is 0 Å². The number of benzene rings is 1. The van der Waals surface area contributed by atoms with Crippen LogP contribution in [0.15, 0.2) is 30.3 Å². The summed E-state index contributed by atoms with van der Waals surface area (Å²) in [6.45, 7) is 2.07. The lowest BCUT2D eigenvalue weighted by atomic mass is 9.95. The highest BCUT2D eigenvalue weighted by Gasteiger charge is 2.27. The number of hydrogen-bond donors (Lipinski definition) is 2. The van der Waals surface area contributed by atoms with Crippen LogP contribution in [0.4, 0.5) is 5.00 Å². The molecule has 4 rings (SSSR count). The SMILES string of the molecule is CCOC(=O)c1c(NC(=O)c2cc(-c3ccc(Cl)cc3)n[nH]2)sc2c1CCCC2. The number of hydrogen-bond acceptors (Lipinski definition) is 5. The number of fused-ring (bicyclic) bond motifs is 1. The number of esters is 1. The molecule has 3 aromatic rings. The molecule has 1 amide bonds. The van der Waals surface area contributed by atoms with Crippen molar-refractivity contribution in [1.29, 1.82) is 0 Å². The Morgan fingerprint density at radius 2 is 2.00 bits per heavy atom. The molecule has 29 heavy (non-hydrogen) atoms. The van der Waals surface area contributed by atoms with Gasteiger partial charge in [-0.1, -0.05) is 23.7 Å². The van der Waals surface area contributed by atoms with Gasteiger partial charge in [0.25, 0.3) is 5.91 Å². The molecule has 2 N–H and O–H groups in total. The van der Waals surface area contributed by atoms with Crippen molar-refractivity contribution in [2.75, 3.05) is 11.9 Å². The molecule has 150 valence electrons. The van der Waals surface area contributed by atoms with Crippen LogP contribution >= 0.6 is 22.9 Å². The summed E-state index contributed by atoms with van der Waals surface area (Å²) in [4.78, 5) is 26.5. The van der Waals surface area contributed by atoms with Gasteiger partial charge in [0.15, 0.2) is 0 Å². The molecule has 0 atom stereocenters. The minimum absolute atomic E-state index is 0.293. The zero-order chi connectivity index (χ0) is 20.4. The van der Waals surface area contributed by atoms with Crippen molar-refractivity contribution in [3.05, 3.63) is 57.1 Å². The number of thiophene rings is 1. The fourth-order valence-corrected chi connectivity index (χ4v) is 4.85. The third-order valence-electron chi connectivity index (χ3n) is 4.84. The summed E-state index contributed by atoms with van der Waals surface area (Å²) in [5, 5.41) is 11.0.